The maximum Gasteiger partial charge on any atom is 0.224 e. The van der Waals surface area contributed by atoms with Crippen LogP contribution in [0.5, 0.6) is 0 Å². The minimum atomic E-state index is 0.00915. The predicted octanol–water partition coefficient (Wildman–Crippen LogP) is 2.90. The fourth-order valence-electron chi connectivity index (χ4n) is 1.60. The molecule has 2 unspecified atom stereocenters. The first-order chi connectivity index (χ1) is 9.02. The molecule has 0 saturated heterocycles. The first-order valence-corrected chi connectivity index (χ1v) is 8.04. The van der Waals surface area contributed by atoms with E-state index in [0.717, 1.165) is 4.47 Å². The fraction of sp³-hybridized carbons (Fsp3) is 0.500. The molecule has 0 aliphatic carbocycles. The van der Waals surface area contributed by atoms with E-state index in [2.05, 4.69) is 45.6 Å². The Kier molecular flexibility index (Phi) is 7.49. The van der Waals surface area contributed by atoms with E-state index in [9.17, 15) is 4.79 Å². The first-order valence-electron chi connectivity index (χ1n) is 6.37. The van der Waals surface area contributed by atoms with Gasteiger partial charge in [0, 0.05) is 33.6 Å². The van der Waals surface area contributed by atoms with E-state index in [1.54, 1.807) is 11.8 Å². The smallest absolute Gasteiger partial charge is 0.224 e. The second-order valence-electron chi connectivity index (χ2n) is 4.59. The van der Waals surface area contributed by atoms with Crippen LogP contribution in [-0.2, 0) is 4.79 Å². The molecule has 0 bridgehead atoms. The van der Waals surface area contributed by atoms with Crippen molar-refractivity contribution in [2.75, 3.05) is 20.1 Å². The zero-order valence-electron chi connectivity index (χ0n) is 11.6. The van der Waals surface area contributed by atoms with Crippen LogP contribution in [-0.4, -0.2) is 31.3 Å². The summed E-state index contributed by atoms with van der Waals surface area (Å²) >= 11 is 5.19. The summed E-state index contributed by atoms with van der Waals surface area (Å²) in [5, 5.41) is 6.35. The van der Waals surface area contributed by atoms with Gasteiger partial charge in [-0.3, -0.25) is 4.79 Å². The molecule has 0 heterocycles. The maximum atomic E-state index is 11.8. The van der Waals surface area contributed by atoms with Gasteiger partial charge < -0.3 is 10.6 Å². The zero-order valence-corrected chi connectivity index (χ0v) is 14.0. The zero-order chi connectivity index (χ0) is 14.3. The van der Waals surface area contributed by atoms with Crippen LogP contribution < -0.4 is 10.6 Å². The van der Waals surface area contributed by atoms with Crippen LogP contribution in [0.4, 0.5) is 0 Å². The first kappa shape index (κ1) is 16.5. The van der Waals surface area contributed by atoms with Crippen LogP contribution in [0.15, 0.2) is 33.6 Å². The molecule has 0 saturated carbocycles. The van der Waals surface area contributed by atoms with Crippen molar-refractivity contribution in [2.45, 2.75) is 24.0 Å². The third-order valence-corrected chi connectivity index (χ3v) is 4.31. The van der Waals surface area contributed by atoms with Crippen molar-refractivity contribution in [3.05, 3.63) is 28.7 Å². The number of hydrogen-bond acceptors (Lipinski definition) is 3. The van der Waals surface area contributed by atoms with Crippen molar-refractivity contribution in [1.29, 1.82) is 0 Å². The Bertz CT molecular complexity index is 397. The lowest BCUT2D eigenvalue weighted by Gasteiger charge is -2.15. The Hall–Kier alpha value is -0.520. The summed E-state index contributed by atoms with van der Waals surface area (Å²) in [4.78, 5) is 13.0. The van der Waals surface area contributed by atoms with Gasteiger partial charge in [0.15, 0.2) is 0 Å². The van der Waals surface area contributed by atoms with Crippen molar-refractivity contribution in [3.63, 3.8) is 0 Å². The van der Waals surface area contributed by atoms with Gasteiger partial charge in [-0.1, -0.05) is 29.8 Å². The summed E-state index contributed by atoms with van der Waals surface area (Å²) in [6.45, 7) is 5.45. The average molecular weight is 345 g/mol. The molecule has 2 atom stereocenters. The van der Waals surface area contributed by atoms with Crippen molar-refractivity contribution >= 4 is 33.6 Å². The van der Waals surface area contributed by atoms with Crippen LogP contribution in [0.3, 0.4) is 0 Å². The summed E-state index contributed by atoms with van der Waals surface area (Å²) in [6.07, 6.45) is 0. The second-order valence-corrected chi connectivity index (χ2v) is 7.01. The highest BCUT2D eigenvalue weighted by molar-refractivity contribution is 9.10. The van der Waals surface area contributed by atoms with Gasteiger partial charge in [0.05, 0.1) is 0 Å². The average Bonchev–Trinajstić information content (AvgIpc) is 2.39. The molecule has 1 aromatic rings. The third-order valence-electron chi connectivity index (χ3n) is 2.67. The Morgan fingerprint density at radius 3 is 2.47 bits per heavy atom. The van der Waals surface area contributed by atoms with Gasteiger partial charge in [0.2, 0.25) is 5.91 Å². The quantitative estimate of drug-likeness (QED) is 0.747. The molecule has 0 spiro atoms. The van der Waals surface area contributed by atoms with Crippen molar-refractivity contribution in [3.8, 4) is 0 Å². The topological polar surface area (TPSA) is 41.1 Å². The van der Waals surface area contributed by atoms with Gasteiger partial charge in [-0.25, -0.2) is 0 Å². The highest BCUT2D eigenvalue weighted by Gasteiger charge is 2.13. The number of nitrogens with one attached hydrogen (secondary N) is 2. The highest BCUT2D eigenvalue weighted by Crippen LogP contribution is 2.24. The minimum absolute atomic E-state index is 0.00915. The van der Waals surface area contributed by atoms with Crippen molar-refractivity contribution in [1.82, 2.24) is 10.6 Å². The van der Waals surface area contributed by atoms with Crippen molar-refractivity contribution in [2.24, 2.45) is 5.92 Å². The van der Waals surface area contributed by atoms with E-state index in [0.29, 0.717) is 18.3 Å². The van der Waals surface area contributed by atoms with Crippen LogP contribution >= 0.6 is 27.7 Å². The molecule has 0 fully saturated rings. The van der Waals surface area contributed by atoms with E-state index in [-0.39, 0.29) is 11.8 Å². The predicted molar refractivity (Wildman–Crippen MR) is 85.6 cm³/mol. The number of carbonyl (C=O) groups excluding carboxylic acids is 1. The normalized spacial score (nSPS) is 13.9. The lowest BCUT2D eigenvalue weighted by Crippen LogP contribution is -2.37. The Morgan fingerprint density at radius 1 is 1.26 bits per heavy atom. The number of amides is 1. The summed E-state index contributed by atoms with van der Waals surface area (Å²) in [5.74, 6) is 0.118. The van der Waals surface area contributed by atoms with E-state index < -0.39 is 0 Å². The molecule has 1 rings (SSSR count). The van der Waals surface area contributed by atoms with Crippen LogP contribution in [0.25, 0.3) is 0 Å². The molecule has 106 valence electrons. The summed E-state index contributed by atoms with van der Waals surface area (Å²) in [6, 6.07) is 8.22. The largest absolute Gasteiger partial charge is 0.355 e. The molecule has 3 nitrogen and oxygen atoms in total. The number of halogens is 1. The molecular formula is C14H21BrN2OS. The number of thioether (sulfide) groups is 1. The van der Waals surface area contributed by atoms with E-state index in [1.807, 2.05) is 26.1 Å². The van der Waals surface area contributed by atoms with Gasteiger partial charge in [0.1, 0.15) is 0 Å². The Balaban J connectivity index is 2.33. The van der Waals surface area contributed by atoms with Gasteiger partial charge in [-0.05, 0) is 31.3 Å². The van der Waals surface area contributed by atoms with Crippen LogP contribution in [0.1, 0.15) is 13.8 Å². The summed E-state index contributed by atoms with van der Waals surface area (Å²) < 4.78 is 1.08. The molecule has 0 aromatic heterocycles. The highest BCUT2D eigenvalue weighted by atomic mass is 79.9. The maximum absolute atomic E-state index is 11.8. The van der Waals surface area contributed by atoms with Gasteiger partial charge in [-0.15, -0.1) is 11.8 Å². The molecular weight excluding hydrogens is 324 g/mol. The van der Waals surface area contributed by atoms with E-state index in [1.165, 1.54) is 4.90 Å². The van der Waals surface area contributed by atoms with Gasteiger partial charge in [-0.2, -0.15) is 0 Å². The second kappa shape index (κ2) is 8.61. The lowest BCUT2D eigenvalue weighted by atomic mass is 10.1. The van der Waals surface area contributed by atoms with E-state index >= 15 is 0 Å². The van der Waals surface area contributed by atoms with E-state index in [4.69, 9.17) is 0 Å². The van der Waals surface area contributed by atoms with Crippen LogP contribution in [0, 0.1) is 5.92 Å². The minimum Gasteiger partial charge on any atom is -0.355 e. The van der Waals surface area contributed by atoms with Crippen molar-refractivity contribution < 1.29 is 4.79 Å². The fourth-order valence-corrected chi connectivity index (χ4v) is 2.79. The standard InChI is InChI=1S/C14H21BrN2OS/c1-10(8-16-3)14(18)17-9-11(2)19-13-6-4-12(15)5-7-13/h4-7,10-11,16H,8-9H2,1-3H3,(H,17,18). The molecule has 2 N–H and O–H groups in total. The number of rotatable bonds is 7. The molecule has 0 aliphatic rings. The summed E-state index contributed by atoms with van der Waals surface area (Å²) in [5.41, 5.74) is 0. The number of hydrogen-bond donors (Lipinski definition) is 2. The molecule has 1 amide bonds. The number of benzene rings is 1. The summed E-state index contributed by atoms with van der Waals surface area (Å²) in [7, 11) is 1.86. The van der Waals surface area contributed by atoms with Gasteiger partial charge >= 0.3 is 0 Å². The molecule has 1 aromatic carbocycles. The number of carbonyl (C=O) groups is 1. The lowest BCUT2D eigenvalue weighted by molar-refractivity contribution is -0.124. The third kappa shape index (κ3) is 6.45. The van der Waals surface area contributed by atoms with Crippen LogP contribution in [0.2, 0.25) is 0 Å². The van der Waals surface area contributed by atoms with Gasteiger partial charge in [0.25, 0.3) is 0 Å². The Labute approximate surface area is 128 Å². The molecule has 19 heavy (non-hydrogen) atoms. The SMILES string of the molecule is CNCC(C)C(=O)NCC(C)Sc1ccc(Br)cc1. The Morgan fingerprint density at radius 2 is 1.89 bits per heavy atom. The molecule has 5 heteroatoms. The monoisotopic (exact) mass is 344 g/mol. The molecule has 0 radical (unpaired) electrons. The molecule has 0 aliphatic heterocycles.